The SMILES string of the molecule is C[N+](C)(C)CCNC(=O)C(F)(F)C(F)(F)C(F)(F)C(F)(F)C(F)(F)C(F)(F)C(F)(F)F. The second-order valence-corrected chi connectivity index (χ2v) is 7.21. The maximum absolute atomic E-state index is 13.5. The fraction of sp³-hybridized carbons (Fsp3) is 0.923. The van der Waals surface area contributed by atoms with Crippen molar-refractivity contribution in [3.8, 4) is 0 Å². The molecule has 0 unspecified atom stereocenters. The molecule has 0 bridgehead atoms. The number of carbonyl (C=O) groups is 1. The van der Waals surface area contributed by atoms with Crippen LogP contribution in [0, 0.1) is 0 Å². The molecule has 0 saturated heterocycles. The Morgan fingerprint density at radius 2 is 0.935 bits per heavy atom. The summed E-state index contributed by atoms with van der Waals surface area (Å²) in [5.74, 6) is -51.2. The molecule has 0 aliphatic heterocycles. The molecule has 0 fully saturated rings. The van der Waals surface area contributed by atoms with E-state index in [9.17, 15) is 70.7 Å². The van der Waals surface area contributed by atoms with Crippen molar-refractivity contribution in [3.63, 3.8) is 0 Å². The molecule has 0 radical (unpaired) electrons. The van der Waals surface area contributed by atoms with Gasteiger partial charge in [0.15, 0.2) is 0 Å². The molecule has 3 nitrogen and oxygen atoms in total. The molecule has 18 heteroatoms. The number of hydrogen-bond donors (Lipinski definition) is 1. The van der Waals surface area contributed by atoms with Crippen molar-refractivity contribution in [2.45, 2.75) is 41.7 Å². The maximum atomic E-state index is 13.5. The van der Waals surface area contributed by atoms with Crippen molar-refractivity contribution in [3.05, 3.63) is 0 Å². The van der Waals surface area contributed by atoms with Gasteiger partial charge in [0.2, 0.25) is 0 Å². The second kappa shape index (κ2) is 7.75. The Morgan fingerprint density at radius 3 is 1.26 bits per heavy atom. The summed E-state index contributed by atoms with van der Waals surface area (Å²) in [5, 5.41) is 0.924. The molecular formula is C13H14F15N2O+. The lowest BCUT2D eigenvalue weighted by Gasteiger charge is -2.41. The second-order valence-electron chi connectivity index (χ2n) is 7.21. The molecule has 1 amide bonds. The molecule has 0 rings (SSSR count). The Hall–Kier alpha value is -1.62. The molecule has 31 heavy (non-hydrogen) atoms. The van der Waals surface area contributed by atoms with Crippen LogP contribution in [0.5, 0.6) is 0 Å². The number of carbonyl (C=O) groups excluding carboxylic acids is 1. The van der Waals surface area contributed by atoms with E-state index >= 15 is 0 Å². The minimum atomic E-state index is -8.41. The van der Waals surface area contributed by atoms with Gasteiger partial charge in [-0.05, 0) is 0 Å². The number of likely N-dealkylation sites (N-methyl/N-ethyl adjacent to an activating group) is 1. The first-order chi connectivity index (χ1) is 13.1. The van der Waals surface area contributed by atoms with Gasteiger partial charge in [0, 0.05) is 0 Å². The van der Waals surface area contributed by atoms with Crippen LogP contribution in [0.2, 0.25) is 0 Å². The van der Waals surface area contributed by atoms with Gasteiger partial charge in [-0.2, -0.15) is 65.9 Å². The number of alkyl halides is 15. The highest BCUT2D eigenvalue weighted by atomic mass is 19.4. The summed E-state index contributed by atoms with van der Waals surface area (Å²) < 4.78 is 194. The van der Waals surface area contributed by atoms with E-state index < -0.39 is 54.2 Å². The van der Waals surface area contributed by atoms with Crippen LogP contribution in [0.15, 0.2) is 0 Å². The summed E-state index contributed by atoms with van der Waals surface area (Å²) in [6.45, 7) is -1.30. The number of nitrogens with zero attached hydrogens (tertiary/aromatic N) is 1. The van der Waals surface area contributed by atoms with Crippen LogP contribution in [0.3, 0.4) is 0 Å². The summed E-state index contributed by atoms with van der Waals surface area (Å²) in [6.07, 6.45) is -7.67. The fourth-order valence-corrected chi connectivity index (χ4v) is 1.73. The first kappa shape index (κ1) is 29.4. The van der Waals surface area contributed by atoms with E-state index in [4.69, 9.17) is 0 Å². The molecule has 0 aliphatic carbocycles. The summed E-state index contributed by atoms with van der Waals surface area (Å²) in [7, 11) is 4.07. The highest BCUT2D eigenvalue weighted by Gasteiger charge is 2.94. The van der Waals surface area contributed by atoms with Crippen LogP contribution < -0.4 is 5.32 Å². The average molecular weight is 499 g/mol. The predicted molar refractivity (Wildman–Crippen MR) is 71.6 cm³/mol. The van der Waals surface area contributed by atoms with Crippen molar-refractivity contribution < 1.29 is 75.1 Å². The largest absolute Gasteiger partial charge is 0.460 e. The first-order valence-electron chi connectivity index (χ1n) is 7.55. The van der Waals surface area contributed by atoms with Crippen molar-refractivity contribution in [1.29, 1.82) is 0 Å². The van der Waals surface area contributed by atoms with E-state index in [1.165, 1.54) is 21.1 Å². The van der Waals surface area contributed by atoms with Crippen LogP contribution in [0.4, 0.5) is 65.9 Å². The van der Waals surface area contributed by atoms with Gasteiger partial charge in [0.05, 0.1) is 34.2 Å². The van der Waals surface area contributed by atoms with Gasteiger partial charge in [-0.15, -0.1) is 0 Å². The number of amides is 1. The zero-order valence-electron chi connectivity index (χ0n) is 15.4. The topological polar surface area (TPSA) is 29.1 Å². The number of nitrogens with one attached hydrogen (secondary N) is 1. The molecule has 1 N–H and O–H groups in total. The zero-order chi connectivity index (χ0) is 25.7. The van der Waals surface area contributed by atoms with Gasteiger partial charge in [0.25, 0.3) is 5.91 Å². The van der Waals surface area contributed by atoms with Gasteiger partial charge in [-0.1, -0.05) is 0 Å². The lowest BCUT2D eigenvalue weighted by atomic mass is 9.91. The molecule has 0 saturated carbocycles. The van der Waals surface area contributed by atoms with E-state index in [1.807, 2.05) is 0 Å². The van der Waals surface area contributed by atoms with Crippen LogP contribution in [0.1, 0.15) is 0 Å². The molecule has 0 aromatic carbocycles. The number of quaternary nitrogens is 1. The normalized spacial score (nSPS) is 15.8. The summed E-state index contributed by atoms with van der Waals surface area (Å²) in [5.41, 5.74) is 0. The highest BCUT2D eigenvalue weighted by Crippen LogP contribution is 2.62. The van der Waals surface area contributed by atoms with Gasteiger partial charge < -0.3 is 9.80 Å². The smallest absolute Gasteiger partial charge is 0.345 e. The molecule has 0 aromatic heterocycles. The quantitative estimate of drug-likeness (QED) is 0.375. The Morgan fingerprint density at radius 1 is 0.613 bits per heavy atom. The first-order valence-corrected chi connectivity index (χ1v) is 7.55. The Bertz CT molecular complexity index is 663. The zero-order valence-corrected chi connectivity index (χ0v) is 15.4. The Labute approximate surface area is 163 Å². The van der Waals surface area contributed by atoms with E-state index in [0.29, 0.717) is 0 Å². The lowest BCUT2D eigenvalue weighted by Crippen LogP contribution is -2.74. The summed E-state index contributed by atoms with van der Waals surface area (Å²) in [4.78, 5) is 11.1. The van der Waals surface area contributed by atoms with Crippen LogP contribution >= 0.6 is 0 Å². The van der Waals surface area contributed by atoms with E-state index in [1.54, 1.807) is 0 Å². The van der Waals surface area contributed by atoms with Crippen molar-refractivity contribution in [2.24, 2.45) is 0 Å². The van der Waals surface area contributed by atoms with E-state index in [2.05, 4.69) is 0 Å². The molecule has 0 spiro atoms. The number of halogens is 15. The third-order valence-corrected chi connectivity index (χ3v) is 3.68. The molecule has 0 heterocycles. The van der Waals surface area contributed by atoms with Gasteiger partial charge in [0.1, 0.15) is 0 Å². The van der Waals surface area contributed by atoms with Crippen LogP contribution in [-0.2, 0) is 4.79 Å². The molecule has 0 atom stereocenters. The van der Waals surface area contributed by atoms with Crippen molar-refractivity contribution in [1.82, 2.24) is 5.32 Å². The summed E-state index contributed by atoms with van der Waals surface area (Å²) >= 11 is 0. The van der Waals surface area contributed by atoms with Crippen LogP contribution in [-0.4, -0.2) is 86.3 Å². The van der Waals surface area contributed by atoms with Crippen molar-refractivity contribution >= 4 is 5.91 Å². The minimum absolute atomic E-state index is 0.144. The third-order valence-electron chi connectivity index (χ3n) is 3.68. The third kappa shape index (κ3) is 4.62. The van der Waals surface area contributed by atoms with Crippen molar-refractivity contribution in [2.75, 3.05) is 34.2 Å². The lowest BCUT2D eigenvalue weighted by molar-refractivity contribution is -0.869. The minimum Gasteiger partial charge on any atom is -0.345 e. The summed E-state index contributed by atoms with van der Waals surface area (Å²) in [6, 6.07) is 0. The monoisotopic (exact) mass is 499 g/mol. The van der Waals surface area contributed by atoms with E-state index in [-0.39, 0.29) is 11.0 Å². The number of hydrogen-bond acceptors (Lipinski definition) is 1. The predicted octanol–water partition coefficient (Wildman–Crippen LogP) is 4.18. The number of rotatable bonds is 9. The molecule has 0 aromatic rings. The molecule has 186 valence electrons. The van der Waals surface area contributed by atoms with Gasteiger partial charge >= 0.3 is 41.7 Å². The standard InChI is InChI=1S/C13H13F15N2O/c1-30(2,3)5-4-29-6(31)7(14,15)8(16,17)9(18,19)10(20,21)11(22,23)12(24,25)13(26,27)28/h4-5H2,1-3H3/p+1. The average Bonchev–Trinajstić information content (AvgIpc) is 2.51. The van der Waals surface area contributed by atoms with E-state index in [0.717, 1.165) is 5.32 Å². The van der Waals surface area contributed by atoms with Gasteiger partial charge in [-0.25, -0.2) is 0 Å². The molecular weight excluding hydrogens is 485 g/mol. The fourth-order valence-electron chi connectivity index (χ4n) is 1.73. The molecule has 0 aliphatic rings. The highest BCUT2D eigenvalue weighted by molar-refractivity contribution is 5.84. The Kier molecular flexibility index (Phi) is 7.35. The Balaban J connectivity index is 6.23. The van der Waals surface area contributed by atoms with Crippen LogP contribution in [0.25, 0.3) is 0 Å². The van der Waals surface area contributed by atoms with Gasteiger partial charge in [-0.3, -0.25) is 4.79 Å². The maximum Gasteiger partial charge on any atom is 0.460 e.